The van der Waals surface area contributed by atoms with Crippen LogP contribution in [0, 0.1) is 0 Å². The van der Waals surface area contributed by atoms with Crippen molar-refractivity contribution in [3.05, 3.63) is 29.8 Å². The highest BCUT2D eigenvalue weighted by molar-refractivity contribution is 5.77. The van der Waals surface area contributed by atoms with Gasteiger partial charge in [0.05, 0.1) is 0 Å². The van der Waals surface area contributed by atoms with E-state index in [1.54, 1.807) is 0 Å². The smallest absolute Gasteiger partial charge is 0.258 e. The van der Waals surface area contributed by atoms with Gasteiger partial charge in [0.2, 0.25) is 0 Å². The van der Waals surface area contributed by atoms with E-state index < -0.39 is 0 Å². The van der Waals surface area contributed by atoms with Gasteiger partial charge < -0.3 is 15.4 Å². The third-order valence-electron chi connectivity index (χ3n) is 3.37. The third kappa shape index (κ3) is 4.24. The van der Waals surface area contributed by atoms with Gasteiger partial charge in [-0.05, 0) is 37.4 Å². The molecule has 2 N–H and O–H groups in total. The lowest BCUT2D eigenvalue weighted by atomic mass is 10.1. The van der Waals surface area contributed by atoms with E-state index in [0.717, 1.165) is 43.7 Å². The first-order valence-electron chi connectivity index (χ1n) is 7.00. The number of nitrogens with one attached hydrogen (secondary N) is 2. The standard InChI is InChI=1S/C15H22N2O2/c1-2-12-6-3-4-8-14(12)19-11-15(18)17-13-7-5-9-16-10-13/h3-4,6,8,13,16H,2,5,7,9-11H2,1H3,(H,17,18). The fourth-order valence-corrected chi connectivity index (χ4v) is 2.32. The highest BCUT2D eigenvalue weighted by Crippen LogP contribution is 2.17. The normalized spacial score (nSPS) is 18.9. The van der Waals surface area contributed by atoms with Crippen LogP contribution >= 0.6 is 0 Å². The zero-order chi connectivity index (χ0) is 13.5. The minimum atomic E-state index is -0.0420. The summed E-state index contributed by atoms with van der Waals surface area (Å²) in [5.41, 5.74) is 1.13. The summed E-state index contributed by atoms with van der Waals surface area (Å²) in [6.07, 6.45) is 3.07. The maximum absolute atomic E-state index is 11.8. The number of ether oxygens (including phenoxy) is 1. The number of hydrogen-bond donors (Lipinski definition) is 2. The Morgan fingerprint density at radius 3 is 3.05 bits per heavy atom. The van der Waals surface area contributed by atoms with Gasteiger partial charge in [0, 0.05) is 12.6 Å². The minimum absolute atomic E-state index is 0.0420. The largest absolute Gasteiger partial charge is 0.483 e. The van der Waals surface area contributed by atoms with Crippen molar-refractivity contribution >= 4 is 5.91 Å². The molecule has 4 heteroatoms. The van der Waals surface area contributed by atoms with Gasteiger partial charge >= 0.3 is 0 Å². The first-order valence-corrected chi connectivity index (χ1v) is 7.00. The summed E-state index contributed by atoms with van der Waals surface area (Å²) >= 11 is 0. The van der Waals surface area contributed by atoms with Crippen LogP contribution in [-0.4, -0.2) is 31.6 Å². The van der Waals surface area contributed by atoms with Gasteiger partial charge in [-0.3, -0.25) is 4.79 Å². The van der Waals surface area contributed by atoms with E-state index in [1.165, 1.54) is 0 Å². The van der Waals surface area contributed by atoms with E-state index in [-0.39, 0.29) is 18.6 Å². The van der Waals surface area contributed by atoms with Crippen molar-refractivity contribution < 1.29 is 9.53 Å². The average molecular weight is 262 g/mol. The number of hydrogen-bond acceptors (Lipinski definition) is 3. The zero-order valence-electron chi connectivity index (χ0n) is 11.4. The molecule has 4 nitrogen and oxygen atoms in total. The lowest BCUT2D eigenvalue weighted by molar-refractivity contribution is -0.123. The fraction of sp³-hybridized carbons (Fsp3) is 0.533. The second-order valence-corrected chi connectivity index (χ2v) is 4.86. The number of benzene rings is 1. The molecule has 1 heterocycles. The van der Waals surface area contributed by atoms with Crippen molar-refractivity contribution in [3.63, 3.8) is 0 Å². The van der Waals surface area contributed by atoms with Crippen LogP contribution in [0.25, 0.3) is 0 Å². The molecule has 1 amide bonds. The lowest BCUT2D eigenvalue weighted by Crippen LogP contribution is -2.47. The Kier molecular flexibility index (Phi) is 5.21. The summed E-state index contributed by atoms with van der Waals surface area (Å²) < 4.78 is 5.60. The minimum Gasteiger partial charge on any atom is -0.483 e. The lowest BCUT2D eigenvalue weighted by Gasteiger charge is -2.23. The molecule has 0 radical (unpaired) electrons. The van der Waals surface area contributed by atoms with Crippen molar-refractivity contribution in [2.24, 2.45) is 0 Å². The highest BCUT2D eigenvalue weighted by atomic mass is 16.5. The molecule has 0 aliphatic carbocycles. The van der Waals surface area contributed by atoms with Crippen LogP contribution in [0.2, 0.25) is 0 Å². The van der Waals surface area contributed by atoms with Gasteiger partial charge in [-0.15, -0.1) is 0 Å². The van der Waals surface area contributed by atoms with Crippen LogP contribution in [0.15, 0.2) is 24.3 Å². The van der Waals surface area contributed by atoms with Crippen LogP contribution in [-0.2, 0) is 11.2 Å². The molecule has 0 aromatic heterocycles. The molecule has 1 atom stereocenters. The highest BCUT2D eigenvalue weighted by Gasteiger charge is 2.15. The quantitative estimate of drug-likeness (QED) is 0.845. The molecule has 1 fully saturated rings. The summed E-state index contributed by atoms with van der Waals surface area (Å²) in [5.74, 6) is 0.765. The molecule has 1 aromatic rings. The average Bonchev–Trinajstić information content (AvgIpc) is 2.46. The van der Waals surface area contributed by atoms with Crippen LogP contribution in [0.3, 0.4) is 0 Å². The van der Waals surface area contributed by atoms with Crippen molar-refractivity contribution in [2.45, 2.75) is 32.2 Å². The molecular formula is C15H22N2O2. The third-order valence-corrected chi connectivity index (χ3v) is 3.37. The van der Waals surface area contributed by atoms with Gasteiger partial charge in [0.25, 0.3) is 5.91 Å². The first kappa shape index (κ1) is 13.9. The number of para-hydroxylation sites is 1. The maximum Gasteiger partial charge on any atom is 0.258 e. The molecule has 0 bridgehead atoms. The Bertz CT molecular complexity index is 414. The van der Waals surface area contributed by atoms with Gasteiger partial charge in [-0.2, -0.15) is 0 Å². The molecule has 2 rings (SSSR count). The van der Waals surface area contributed by atoms with Crippen molar-refractivity contribution in [2.75, 3.05) is 19.7 Å². The molecule has 1 aliphatic rings. The van der Waals surface area contributed by atoms with Crippen molar-refractivity contribution in [1.82, 2.24) is 10.6 Å². The molecule has 1 unspecified atom stereocenters. The Balaban J connectivity index is 1.79. The molecule has 1 aromatic carbocycles. The number of carbonyl (C=O) groups is 1. The summed E-state index contributed by atoms with van der Waals surface area (Å²) in [5, 5.41) is 6.28. The second kappa shape index (κ2) is 7.14. The molecular weight excluding hydrogens is 240 g/mol. The summed E-state index contributed by atoms with van der Waals surface area (Å²) in [7, 11) is 0. The van der Waals surface area contributed by atoms with Crippen molar-refractivity contribution in [3.8, 4) is 5.75 Å². The first-order chi connectivity index (χ1) is 9.29. The summed E-state index contributed by atoms with van der Waals surface area (Å²) in [6, 6.07) is 8.09. The number of amides is 1. The molecule has 1 aliphatic heterocycles. The summed E-state index contributed by atoms with van der Waals surface area (Å²) in [6.45, 7) is 4.08. The van der Waals surface area contributed by atoms with E-state index >= 15 is 0 Å². The fourth-order valence-electron chi connectivity index (χ4n) is 2.32. The number of piperidine rings is 1. The van der Waals surface area contributed by atoms with E-state index in [4.69, 9.17) is 4.74 Å². The SMILES string of the molecule is CCc1ccccc1OCC(=O)NC1CCCNC1. The number of rotatable bonds is 5. The zero-order valence-corrected chi connectivity index (χ0v) is 11.4. The van der Waals surface area contributed by atoms with Crippen LogP contribution < -0.4 is 15.4 Å². The Morgan fingerprint density at radius 1 is 1.47 bits per heavy atom. The molecule has 19 heavy (non-hydrogen) atoms. The summed E-state index contributed by atoms with van der Waals surface area (Å²) in [4.78, 5) is 11.8. The molecule has 1 saturated heterocycles. The Hall–Kier alpha value is -1.55. The van der Waals surface area contributed by atoms with Gasteiger partial charge in [-0.25, -0.2) is 0 Å². The van der Waals surface area contributed by atoms with Crippen LogP contribution in [0.5, 0.6) is 5.75 Å². The maximum atomic E-state index is 11.8. The number of carbonyl (C=O) groups excluding carboxylic acids is 1. The number of aryl methyl sites for hydroxylation is 1. The van der Waals surface area contributed by atoms with Gasteiger partial charge in [-0.1, -0.05) is 25.1 Å². The second-order valence-electron chi connectivity index (χ2n) is 4.86. The predicted molar refractivity (Wildman–Crippen MR) is 75.3 cm³/mol. The van der Waals surface area contributed by atoms with Gasteiger partial charge in [0.15, 0.2) is 6.61 Å². The molecule has 0 spiro atoms. The molecule has 0 saturated carbocycles. The van der Waals surface area contributed by atoms with Crippen LogP contribution in [0.4, 0.5) is 0 Å². The molecule has 104 valence electrons. The topological polar surface area (TPSA) is 50.4 Å². The predicted octanol–water partition coefficient (Wildman–Crippen LogP) is 1.50. The Morgan fingerprint density at radius 2 is 2.32 bits per heavy atom. The van der Waals surface area contributed by atoms with E-state index in [2.05, 4.69) is 17.6 Å². The monoisotopic (exact) mass is 262 g/mol. The van der Waals surface area contributed by atoms with E-state index in [9.17, 15) is 4.79 Å². The van der Waals surface area contributed by atoms with Gasteiger partial charge in [0.1, 0.15) is 5.75 Å². The Labute approximate surface area is 114 Å². The van der Waals surface area contributed by atoms with Crippen LogP contribution in [0.1, 0.15) is 25.3 Å². The van der Waals surface area contributed by atoms with E-state index in [0.29, 0.717) is 0 Å². The van der Waals surface area contributed by atoms with E-state index in [1.807, 2.05) is 24.3 Å². The van der Waals surface area contributed by atoms with Crippen molar-refractivity contribution in [1.29, 1.82) is 0 Å².